The summed E-state index contributed by atoms with van der Waals surface area (Å²) in [5.74, 6) is -0.751. The highest BCUT2D eigenvalue weighted by Crippen LogP contribution is 2.41. The molecule has 1 saturated heterocycles. The van der Waals surface area contributed by atoms with Gasteiger partial charge in [-0.2, -0.15) is 0 Å². The molecule has 0 amide bonds. The van der Waals surface area contributed by atoms with Crippen LogP contribution in [0.5, 0.6) is 0 Å². The van der Waals surface area contributed by atoms with E-state index < -0.39 is 5.97 Å². The summed E-state index contributed by atoms with van der Waals surface area (Å²) in [6.07, 6.45) is 2.75. The summed E-state index contributed by atoms with van der Waals surface area (Å²) in [5, 5.41) is 9.04. The molecule has 1 aliphatic rings. The minimum atomic E-state index is -0.751. The van der Waals surface area contributed by atoms with Gasteiger partial charge in [0.25, 0.3) is 0 Å². The predicted octanol–water partition coefficient (Wildman–Crippen LogP) is 2.90. The van der Waals surface area contributed by atoms with Crippen molar-refractivity contribution in [3.8, 4) is 0 Å². The molecule has 1 aliphatic heterocycles. The highest BCUT2D eigenvalue weighted by molar-refractivity contribution is 7.96. The van der Waals surface area contributed by atoms with Crippen molar-refractivity contribution in [1.82, 2.24) is 0 Å². The number of benzene rings is 1. The maximum atomic E-state index is 11.0. The Bertz CT molecular complexity index is 372. The summed E-state index contributed by atoms with van der Waals surface area (Å²) >= 11 is 1.35. The molecule has 17 heavy (non-hydrogen) atoms. The minimum absolute atomic E-state index is 0.159. The Kier molecular flexibility index (Phi) is 4.07. The van der Waals surface area contributed by atoms with E-state index >= 15 is 0 Å². The van der Waals surface area contributed by atoms with Gasteiger partial charge in [-0.3, -0.25) is 4.79 Å². The smallest absolute Gasteiger partial charge is 0.304 e. The summed E-state index contributed by atoms with van der Waals surface area (Å²) in [5.41, 5.74) is 1.17. The first-order valence-electron chi connectivity index (χ1n) is 5.77. The molecule has 0 spiro atoms. The minimum Gasteiger partial charge on any atom is -0.481 e. The highest BCUT2D eigenvalue weighted by atomic mass is 32.2. The molecule has 1 unspecified atom stereocenters. The van der Waals surface area contributed by atoms with Crippen molar-refractivity contribution in [2.24, 2.45) is 0 Å². The Morgan fingerprint density at radius 2 is 2.18 bits per heavy atom. The van der Waals surface area contributed by atoms with E-state index in [0.717, 1.165) is 25.9 Å². The largest absolute Gasteiger partial charge is 0.481 e. The second-order valence-electron chi connectivity index (χ2n) is 4.42. The quantitative estimate of drug-likeness (QED) is 0.837. The first-order chi connectivity index (χ1) is 8.20. The van der Waals surface area contributed by atoms with Crippen LogP contribution in [0.25, 0.3) is 0 Å². The van der Waals surface area contributed by atoms with E-state index in [1.807, 2.05) is 30.3 Å². The van der Waals surface area contributed by atoms with Gasteiger partial charge in [0.1, 0.15) is 0 Å². The molecule has 0 saturated carbocycles. The molecular weight excluding hydrogens is 236 g/mol. The molecule has 1 N–H and O–H groups in total. The third-order valence-corrected chi connectivity index (χ3v) is 4.07. The highest BCUT2D eigenvalue weighted by Gasteiger charge is 2.36. The Morgan fingerprint density at radius 1 is 1.41 bits per heavy atom. The lowest BCUT2D eigenvalue weighted by Gasteiger charge is -2.34. The topological polar surface area (TPSA) is 46.5 Å². The molecule has 0 aliphatic carbocycles. The van der Waals surface area contributed by atoms with Crippen molar-refractivity contribution in [2.75, 3.05) is 6.61 Å². The van der Waals surface area contributed by atoms with Crippen LogP contribution in [0.1, 0.15) is 24.8 Å². The zero-order valence-electron chi connectivity index (χ0n) is 9.59. The van der Waals surface area contributed by atoms with Gasteiger partial charge in [-0.05, 0) is 36.9 Å². The third kappa shape index (κ3) is 3.48. The maximum absolute atomic E-state index is 11.0. The van der Waals surface area contributed by atoms with E-state index in [1.54, 1.807) is 0 Å². The molecule has 2 rings (SSSR count). The van der Waals surface area contributed by atoms with Gasteiger partial charge in [-0.1, -0.05) is 30.3 Å². The molecular formula is C13H16O3S. The van der Waals surface area contributed by atoms with E-state index in [1.165, 1.54) is 17.6 Å². The van der Waals surface area contributed by atoms with Gasteiger partial charge in [-0.15, -0.1) is 0 Å². The Labute approximate surface area is 105 Å². The average Bonchev–Trinajstić information content (AvgIpc) is 2.30. The lowest BCUT2D eigenvalue weighted by molar-refractivity contribution is -0.137. The molecule has 3 nitrogen and oxygen atoms in total. The lowest BCUT2D eigenvalue weighted by Crippen LogP contribution is -2.34. The van der Waals surface area contributed by atoms with Crippen LogP contribution in [0.4, 0.5) is 0 Å². The van der Waals surface area contributed by atoms with Crippen molar-refractivity contribution in [2.45, 2.75) is 30.4 Å². The Balaban J connectivity index is 2.12. The normalized spacial score (nSPS) is 24.5. The van der Waals surface area contributed by atoms with Crippen molar-refractivity contribution in [3.63, 3.8) is 0 Å². The molecule has 0 aromatic heterocycles. The van der Waals surface area contributed by atoms with E-state index in [2.05, 4.69) is 0 Å². The summed E-state index contributed by atoms with van der Waals surface area (Å²) in [7, 11) is 0. The fourth-order valence-corrected chi connectivity index (χ4v) is 3.29. The first kappa shape index (κ1) is 12.5. The third-order valence-electron chi connectivity index (χ3n) is 2.94. The van der Waals surface area contributed by atoms with Gasteiger partial charge in [0, 0.05) is 0 Å². The molecule has 0 radical (unpaired) electrons. The molecule has 1 fully saturated rings. The maximum Gasteiger partial charge on any atom is 0.304 e. The van der Waals surface area contributed by atoms with Gasteiger partial charge < -0.3 is 9.29 Å². The second-order valence-corrected chi connectivity index (χ2v) is 5.69. The van der Waals surface area contributed by atoms with Crippen LogP contribution >= 0.6 is 12.0 Å². The van der Waals surface area contributed by atoms with Crippen LogP contribution in [0.3, 0.4) is 0 Å². The molecule has 1 aromatic carbocycles. The van der Waals surface area contributed by atoms with Crippen LogP contribution in [-0.2, 0) is 15.4 Å². The molecule has 92 valence electrons. The van der Waals surface area contributed by atoms with Crippen molar-refractivity contribution in [1.29, 1.82) is 0 Å². The SMILES string of the molecule is O=C(O)CC1(Cc2ccccc2)CCCOS1. The second kappa shape index (κ2) is 5.56. The van der Waals surface area contributed by atoms with Crippen molar-refractivity contribution >= 4 is 18.0 Å². The number of hydrogen-bond donors (Lipinski definition) is 1. The van der Waals surface area contributed by atoms with E-state index in [0.29, 0.717) is 0 Å². The van der Waals surface area contributed by atoms with Gasteiger partial charge in [-0.25, -0.2) is 0 Å². The number of rotatable bonds is 4. The van der Waals surface area contributed by atoms with Gasteiger partial charge in [0.2, 0.25) is 0 Å². The zero-order chi connectivity index (χ0) is 12.1. The first-order valence-corrected chi connectivity index (χ1v) is 6.51. The number of carbonyl (C=O) groups is 1. The standard InChI is InChI=1S/C13H16O3S/c14-12(15)10-13(7-4-8-16-17-13)9-11-5-2-1-3-6-11/h1-3,5-6H,4,7-10H2,(H,14,15). The molecule has 0 bridgehead atoms. The number of hydrogen-bond acceptors (Lipinski definition) is 3. The molecule has 1 atom stereocenters. The van der Waals surface area contributed by atoms with E-state index in [9.17, 15) is 4.79 Å². The number of carboxylic acid groups (broad SMARTS) is 1. The molecule has 1 heterocycles. The fourth-order valence-electron chi connectivity index (χ4n) is 2.20. The van der Waals surface area contributed by atoms with Gasteiger partial charge in [0.15, 0.2) is 0 Å². The van der Waals surface area contributed by atoms with Crippen LogP contribution in [0.2, 0.25) is 0 Å². The molecule has 4 heteroatoms. The number of aliphatic carboxylic acids is 1. The lowest BCUT2D eigenvalue weighted by atomic mass is 9.90. The summed E-state index contributed by atoms with van der Waals surface area (Å²) < 4.78 is 5.11. The summed E-state index contributed by atoms with van der Waals surface area (Å²) in [4.78, 5) is 11.0. The monoisotopic (exact) mass is 252 g/mol. The summed E-state index contributed by atoms with van der Waals surface area (Å²) in [6, 6.07) is 10.0. The summed E-state index contributed by atoms with van der Waals surface area (Å²) in [6.45, 7) is 0.723. The Hall–Kier alpha value is -1.00. The Morgan fingerprint density at radius 3 is 2.76 bits per heavy atom. The van der Waals surface area contributed by atoms with E-state index in [-0.39, 0.29) is 11.2 Å². The van der Waals surface area contributed by atoms with Crippen LogP contribution in [0.15, 0.2) is 30.3 Å². The average molecular weight is 252 g/mol. The van der Waals surface area contributed by atoms with Gasteiger partial charge in [0.05, 0.1) is 17.8 Å². The molecule has 1 aromatic rings. The van der Waals surface area contributed by atoms with Crippen LogP contribution in [-0.4, -0.2) is 22.4 Å². The fraction of sp³-hybridized carbons (Fsp3) is 0.462. The van der Waals surface area contributed by atoms with Crippen molar-refractivity contribution < 1.29 is 14.1 Å². The van der Waals surface area contributed by atoms with Crippen LogP contribution in [0, 0.1) is 0 Å². The predicted molar refractivity (Wildman–Crippen MR) is 67.9 cm³/mol. The van der Waals surface area contributed by atoms with E-state index in [4.69, 9.17) is 9.29 Å². The van der Waals surface area contributed by atoms with Gasteiger partial charge >= 0.3 is 5.97 Å². The van der Waals surface area contributed by atoms with Crippen molar-refractivity contribution in [3.05, 3.63) is 35.9 Å². The zero-order valence-corrected chi connectivity index (χ0v) is 10.4. The number of carboxylic acids is 1. The van der Waals surface area contributed by atoms with Crippen LogP contribution < -0.4 is 0 Å².